The summed E-state index contributed by atoms with van der Waals surface area (Å²) in [6.45, 7) is 1.37. The third-order valence-corrected chi connectivity index (χ3v) is 5.21. The molecule has 3 rings (SSSR count). The van der Waals surface area contributed by atoms with Crippen molar-refractivity contribution < 1.29 is 18.0 Å². The molecular formula is C18H24F3N3O. The molecule has 0 atom stereocenters. The maximum absolute atomic E-state index is 12.6. The first kappa shape index (κ1) is 18.0. The summed E-state index contributed by atoms with van der Waals surface area (Å²) in [4.78, 5) is 18.0. The van der Waals surface area contributed by atoms with Gasteiger partial charge in [-0.15, -0.1) is 0 Å². The number of alkyl halides is 3. The van der Waals surface area contributed by atoms with E-state index in [1.54, 1.807) is 0 Å². The van der Waals surface area contributed by atoms with Crippen molar-refractivity contribution in [1.82, 2.24) is 10.3 Å². The van der Waals surface area contributed by atoms with Gasteiger partial charge in [0.2, 0.25) is 5.91 Å². The fourth-order valence-corrected chi connectivity index (χ4v) is 3.76. The number of nitrogens with one attached hydrogen (secondary N) is 1. The van der Waals surface area contributed by atoms with E-state index in [1.807, 2.05) is 4.90 Å². The zero-order chi connectivity index (χ0) is 17.9. The normalized spacial score (nSPS) is 20.0. The minimum atomic E-state index is -4.36. The second-order valence-corrected chi connectivity index (χ2v) is 7.09. The summed E-state index contributed by atoms with van der Waals surface area (Å²) in [6, 6.07) is 2.64. The van der Waals surface area contributed by atoms with Gasteiger partial charge in [0.15, 0.2) is 0 Å². The van der Waals surface area contributed by atoms with Gasteiger partial charge in [0.1, 0.15) is 5.82 Å². The number of hydrogen-bond acceptors (Lipinski definition) is 3. The van der Waals surface area contributed by atoms with Crippen LogP contribution < -0.4 is 10.2 Å². The average molecular weight is 355 g/mol. The Balaban J connectivity index is 1.45. The molecule has 1 aliphatic carbocycles. The Kier molecular flexibility index (Phi) is 5.49. The zero-order valence-corrected chi connectivity index (χ0v) is 14.2. The van der Waals surface area contributed by atoms with Crippen molar-refractivity contribution in [1.29, 1.82) is 0 Å². The van der Waals surface area contributed by atoms with Gasteiger partial charge in [-0.1, -0.05) is 12.8 Å². The van der Waals surface area contributed by atoms with Crippen LogP contribution in [-0.2, 0) is 11.0 Å². The van der Waals surface area contributed by atoms with E-state index < -0.39 is 11.7 Å². The third kappa shape index (κ3) is 4.86. The number of nitrogens with zero attached hydrogens (tertiary/aromatic N) is 2. The van der Waals surface area contributed by atoms with Crippen LogP contribution in [0.5, 0.6) is 0 Å². The monoisotopic (exact) mass is 355 g/mol. The molecule has 4 nitrogen and oxygen atoms in total. The molecular weight excluding hydrogens is 331 g/mol. The van der Waals surface area contributed by atoms with E-state index in [2.05, 4.69) is 10.3 Å². The van der Waals surface area contributed by atoms with Gasteiger partial charge in [-0.05, 0) is 43.7 Å². The van der Waals surface area contributed by atoms with Crippen molar-refractivity contribution in [3.8, 4) is 0 Å². The fraction of sp³-hybridized carbons (Fsp3) is 0.667. The second-order valence-electron chi connectivity index (χ2n) is 7.09. The topological polar surface area (TPSA) is 45.2 Å². The van der Waals surface area contributed by atoms with Crippen molar-refractivity contribution in [3.63, 3.8) is 0 Å². The highest BCUT2D eigenvalue weighted by molar-refractivity contribution is 5.76. The molecule has 1 aromatic heterocycles. The van der Waals surface area contributed by atoms with Gasteiger partial charge in [-0.25, -0.2) is 4.98 Å². The first-order valence-electron chi connectivity index (χ1n) is 8.99. The molecule has 7 heteroatoms. The molecule has 2 heterocycles. The molecule has 1 N–H and O–H groups in total. The number of carbonyl (C=O) groups excluding carboxylic acids is 1. The molecule has 0 spiro atoms. The molecule has 2 fully saturated rings. The number of hydrogen-bond donors (Lipinski definition) is 1. The number of aromatic nitrogens is 1. The summed E-state index contributed by atoms with van der Waals surface area (Å²) in [5.74, 6) is 1.23. The smallest absolute Gasteiger partial charge is 0.356 e. The number of halogens is 3. The number of amides is 1. The Morgan fingerprint density at radius 3 is 2.40 bits per heavy atom. The molecule has 0 aromatic carbocycles. The van der Waals surface area contributed by atoms with Crippen LogP contribution in [0.15, 0.2) is 18.3 Å². The van der Waals surface area contributed by atoms with Crippen molar-refractivity contribution in [2.45, 2.75) is 57.2 Å². The van der Waals surface area contributed by atoms with Gasteiger partial charge < -0.3 is 10.2 Å². The molecule has 138 valence electrons. The third-order valence-electron chi connectivity index (χ3n) is 5.21. The molecule has 0 bridgehead atoms. The number of carbonyl (C=O) groups is 1. The molecule has 1 amide bonds. The van der Waals surface area contributed by atoms with E-state index in [-0.39, 0.29) is 11.9 Å². The minimum absolute atomic E-state index is 0.137. The largest absolute Gasteiger partial charge is 0.417 e. The van der Waals surface area contributed by atoms with Gasteiger partial charge in [-0.2, -0.15) is 13.2 Å². The minimum Gasteiger partial charge on any atom is -0.356 e. The van der Waals surface area contributed by atoms with Crippen molar-refractivity contribution in [2.24, 2.45) is 5.92 Å². The lowest BCUT2D eigenvalue weighted by Gasteiger charge is -2.33. The van der Waals surface area contributed by atoms with Crippen LogP contribution in [0.3, 0.4) is 0 Å². The number of piperidine rings is 1. The quantitative estimate of drug-likeness (QED) is 0.894. The predicted octanol–water partition coefficient (Wildman–Crippen LogP) is 3.77. The molecule has 2 aliphatic rings. The Morgan fingerprint density at radius 2 is 1.84 bits per heavy atom. The van der Waals surface area contributed by atoms with E-state index >= 15 is 0 Å². The summed E-state index contributed by atoms with van der Waals surface area (Å²) in [5, 5.41) is 3.11. The van der Waals surface area contributed by atoms with E-state index in [4.69, 9.17) is 0 Å². The van der Waals surface area contributed by atoms with Gasteiger partial charge in [0, 0.05) is 31.7 Å². The summed E-state index contributed by atoms with van der Waals surface area (Å²) in [7, 11) is 0. The van der Waals surface area contributed by atoms with Gasteiger partial charge in [0.25, 0.3) is 0 Å². The van der Waals surface area contributed by atoms with Crippen LogP contribution in [0.25, 0.3) is 0 Å². The van der Waals surface area contributed by atoms with Crippen LogP contribution in [0.4, 0.5) is 19.0 Å². The lowest BCUT2D eigenvalue weighted by atomic mass is 10.0. The Morgan fingerprint density at radius 1 is 1.16 bits per heavy atom. The fourth-order valence-electron chi connectivity index (χ4n) is 3.76. The lowest BCUT2D eigenvalue weighted by Crippen LogP contribution is -2.45. The number of rotatable bonds is 4. The average Bonchev–Trinajstić information content (AvgIpc) is 3.08. The molecule has 0 unspecified atom stereocenters. The Hall–Kier alpha value is -1.79. The standard InChI is InChI=1S/C18H24F3N3O/c19-18(20,21)14-5-6-16(22-12-14)24-9-7-15(8-10-24)23-17(25)11-13-3-1-2-4-13/h5-6,12-13,15H,1-4,7-11H2,(H,23,25). The van der Waals surface area contributed by atoms with E-state index in [0.29, 0.717) is 31.2 Å². The first-order valence-corrected chi connectivity index (χ1v) is 8.99. The van der Waals surface area contributed by atoms with Gasteiger partial charge in [0.05, 0.1) is 5.56 Å². The van der Waals surface area contributed by atoms with E-state index in [9.17, 15) is 18.0 Å². The van der Waals surface area contributed by atoms with E-state index in [0.717, 1.165) is 37.9 Å². The van der Waals surface area contributed by atoms with Gasteiger partial charge in [-0.3, -0.25) is 4.79 Å². The zero-order valence-electron chi connectivity index (χ0n) is 14.2. The van der Waals surface area contributed by atoms with Crippen LogP contribution in [0.2, 0.25) is 0 Å². The maximum Gasteiger partial charge on any atom is 0.417 e. The van der Waals surface area contributed by atoms with Crippen molar-refractivity contribution in [3.05, 3.63) is 23.9 Å². The summed E-state index contributed by atoms with van der Waals surface area (Å²) in [6.07, 6.45) is 3.51. The highest BCUT2D eigenvalue weighted by Gasteiger charge is 2.31. The molecule has 1 saturated heterocycles. The number of pyridine rings is 1. The second kappa shape index (κ2) is 7.62. The SMILES string of the molecule is O=C(CC1CCCC1)NC1CCN(c2ccc(C(F)(F)F)cn2)CC1. The van der Waals surface area contributed by atoms with Crippen LogP contribution in [0, 0.1) is 5.92 Å². The lowest BCUT2D eigenvalue weighted by molar-refractivity contribution is -0.137. The summed E-state index contributed by atoms with van der Waals surface area (Å²) >= 11 is 0. The highest BCUT2D eigenvalue weighted by atomic mass is 19.4. The van der Waals surface area contributed by atoms with Crippen LogP contribution in [-0.4, -0.2) is 30.0 Å². The van der Waals surface area contributed by atoms with Crippen molar-refractivity contribution in [2.75, 3.05) is 18.0 Å². The molecule has 1 saturated carbocycles. The van der Waals surface area contributed by atoms with E-state index in [1.165, 1.54) is 18.9 Å². The summed E-state index contributed by atoms with van der Waals surface area (Å²) < 4.78 is 37.8. The maximum atomic E-state index is 12.6. The van der Waals surface area contributed by atoms with Crippen molar-refractivity contribution >= 4 is 11.7 Å². The molecule has 1 aromatic rings. The Bertz CT molecular complexity index is 574. The van der Waals surface area contributed by atoms with Gasteiger partial charge >= 0.3 is 6.18 Å². The molecule has 25 heavy (non-hydrogen) atoms. The van der Waals surface area contributed by atoms with Crippen LogP contribution in [0.1, 0.15) is 50.5 Å². The summed E-state index contributed by atoms with van der Waals surface area (Å²) in [5.41, 5.74) is -0.731. The highest BCUT2D eigenvalue weighted by Crippen LogP contribution is 2.30. The Labute approximate surface area is 145 Å². The first-order chi connectivity index (χ1) is 11.9. The molecule has 1 aliphatic heterocycles. The molecule has 0 radical (unpaired) electrons. The van der Waals surface area contributed by atoms with Crippen LogP contribution >= 0.6 is 0 Å². The number of anilines is 1. The predicted molar refractivity (Wildman–Crippen MR) is 89.2 cm³/mol.